The number of carbonyl (C=O) groups excluding carboxylic acids is 2. The van der Waals surface area contributed by atoms with Crippen LogP contribution in [0, 0.1) is 0 Å². The van der Waals surface area contributed by atoms with E-state index in [0.717, 1.165) is 26.2 Å². The van der Waals surface area contributed by atoms with Crippen LogP contribution in [-0.4, -0.2) is 50.5 Å². The molecular weight excluding hydrogens is 578 g/mol. The quantitative estimate of drug-likeness (QED) is 0.345. The summed E-state index contributed by atoms with van der Waals surface area (Å²) in [5.74, 6) is -0.815. The zero-order valence-electron chi connectivity index (χ0n) is 20.6. The molecule has 196 valence electrons. The van der Waals surface area contributed by atoms with E-state index in [1.807, 2.05) is 61.5 Å². The first kappa shape index (κ1) is 28.7. The van der Waals surface area contributed by atoms with E-state index in [-0.39, 0.29) is 18.9 Å². The predicted molar refractivity (Wildman–Crippen MR) is 151 cm³/mol. The van der Waals surface area contributed by atoms with Crippen LogP contribution in [-0.2, 0) is 32.6 Å². The Morgan fingerprint density at radius 2 is 1.57 bits per heavy atom. The van der Waals surface area contributed by atoms with Crippen molar-refractivity contribution in [3.63, 3.8) is 0 Å². The van der Waals surface area contributed by atoms with E-state index in [1.54, 1.807) is 24.3 Å². The summed E-state index contributed by atoms with van der Waals surface area (Å²) in [6.45, 7) is 1.86. The average Bonchev–Trinajstić information content (AvgIpc) is 2.86. The number of anilines is 1. The van der Waals surface area contributed by atoms with Gasteiger partial charge >= 0.3 is 0 Å². The molecule has 2 amide bonds. The maximum atomic E-state index is 13.9. The van der Waals surface area contributed by atoms with Crippen molar-refractivity contribution in [2.45, 2.75) is 25.9 Å². The lowest BCUT2D eigenvalue weighted by atomic mass is 10.0. The van der Waals surface area contributed by atoms with E-state index in [9.17, 15) is 18.0 Å². The molecule has 0 heterocycles. The van der Waals surface area contributed by atoms with E-state index < -0.39 is 28.5 Å². The number of nitrogens with zero attached hydrogens (tertiary/aromatic N) is 2. The number of nitrogens with one attached hydrogen (secondary N) is 1. The monoisotopic (exact) mass is 605 g/mol. The van der Waals surface area contributed by atoms with Gasteiger partial charge in [0.1, 0.15) is 12.6 Å². The van der Waals surface area contributed by atoms with E-state index >= 15 is 0 Å². The smallest absolute Gasteiger partial charge is 0.244 e. The van der Waals surface area contributed by atoms with Crippen LogP contribution >= 0.6 is 27.5 Å². The lowest BCUT2D eigenvalue weighted by Crippen LogP contribution is -2.53. The van der Waals surface area contributed by atoms with Crippen LogP contribution in [0.1, 0.15) is 18.1 Å². The molecule has 37 heavy (non-hydrogen) atoms. The number of benzene rings is 3. The minimum atomic E-state index is -3.82. The SMILES string of the molecule is CCNC(=O)[C@@H](Cc1ccccc1)N(Cc1ccc(Br)cc1)C(=O)CN(c1ccc(Cl)cc1)S(C)(=O)=O. The van der Waals surface area contributed by atoms with Gasteiger partial charge in [-0.05, 0) is 54.4 Å². The van der Waals surface area contributed by atoms with Crippen LogP contribution in [0.4, 0.5) is 5.69 Å². The van der Waals surface area contributed by atoms with Crippen molar-refractivity contribution in [3.8, 4) is 0 Å². The van der Waals surface area contributed by atoms with Crippen molar-refractivity contribution < 1.29 is 18.0 Å². The third-order valence-electron chi connectivity index (χ3n) is 5.68. The fraction of sp³-hybridized carbons (Fsp3) is 0.259. The minimum Gasteiger partial charge on any atom is -0.355 e. The van der Waals surface area contributed by atoms with Gasteiger partial charge in [-0.3, -0.25) is 13.9 Å². The summed E-state index contributed by atoms with van der Waals surface area (Å²) >= 11 is 9.40. The number of rotatable bonds is 11. The fourth-order valence-corrected chi connectivity index (χ4v) is 5.09. The maximum Gasteiger partial charge on any atom is 0.244 e. The summed E-state index contributed by atoms with van der Waals surface area (Å²) in [4.78, 5) is 28.6. The third kappa shape index (κ3) is 8.31. The highest BCUT2D eigenvalue weighted by atomic mass is 79.9. The van der Waals surface area contributed by atoms with E-state index in [0.29, 0.717) is 17.3 Å². The molecule has 0 aliphatic carbocycles. The lowest BCUT2D eigenvalue weighted by Gasteiger charge is -2.33. The Morgan fingerprint density at radius 1 is 0.946 bits per heavy atom. The lowest BCUT2D eigenvalue weighted by molar-refractivity contribution is -0.140. The number of hydrogen-bond donors (Lipinski definition) is 1. The zero-order chi connectivity index (χ0) is 27.0. The summed E-state index contributed by atoms with van der Waals surface area (Å²) in [6.07, 6.45) is 1.31. The number of likely N-dealkylation sites (N-methyl/N-ethyl adjacent to an activating group) is 1. The van der Waals surface area contributed by atoms with Gasteiger partial charge in [0.25, 0.3) is 0 Å². The Bertz CT molecular complexity index is 1300. The van der Waals surface area contributed by atoms with Crippen molar-refractivity contribution in [3.05, 3.63) is 99.5 Å². The molecule has 0 radical (unpaired) electrons. The molecular formula is C27H29BrClN3O4S. The highest BCUT2D eigenvalue weighted by Gasteiger charge is 2.32. The predicted octanol–water partition coefficient (Wildman–Crippen LogP) is 4.64. The molecule has 0 saturated heterocycles. The van der Waals surface area contributed by atoms with Gasteiger partial charge < -0.3 is 10.2 Å². The number of carbonyl (C=O) groups is 2. The highest BCUT2D eigenvalue weighted by molar-refractivity contribution is 9.10. The second kappa shape index (κ2) is 13.1. The number of hydrogen-bond acceptors (Lipinski definition) is 4. The van der Waals surface area contributed by atoms with Crippen LogP contribution in [0.3, 0.4) is 0 Å². The molecule has 0 aliphatic heterocycles. The average molecular weight is 607 g/mol. The molecule has 0 aromatic heterocycles. The Morgan fingerprint density at radius 3 is 2.14 bits per heavy atom. The molecule has 3 rings (SSSR count). The van der Waals surface area contributed by atoms with Gasteiger partial charge in [-0.2, -0.15) is 0 Å². The standard InChI is InChI=1S/C27H29BrClN3O4S/c1-3-30-27(34)25(17-20-7-5-4-6-8-20)31(18-21-9-11-22(28)12-10-21)26(33)19-32(37(2,35)36)24-15-13-23(29)14-16-24/h4-16,25H,3,17-19H2,1-2H3,(H,30,34)/t25-/m1/s1. The maximum absolute atomic E-state index is 13.9. The molecule has 0 fully saturated rings. The van der Waals surface area contributed by atoms with E-state index in [2.05, 4.69) is 21.2 Å². The molecule has 0 saturated carbocycles. The van der Waals surface area contributed by atoms with Crippen molar-refractivity contribution >= 4 is 55.1 Å². The second-order valence-electron chi connectivity index (χ2n) is 8.49. The Kier molecular flexibility index (Phi) is 10.1. The first-order chi connectivity index (χ1) is 17.6. The first-order valence-corrected chi connectivity index (χ1v) is 14.7. The minimum absolute atomic E-state index is 0.124. The zero-order valence-corrected chi connectivity index (χ0v) is 23.8. The molecule has 7 nitrogen and oxygen atoms in total. The van der Waals surface area contributed by atoms with Crippen LogP contribution in [0.25, 0.3) is 0 Å². The normalized spacial score (nSPS) is 12.0. The third-order valence-corrected chi connectivity index (χ3v) is 7.60. The van der Waals surface area contributed by atoms with Crippen LogP contribution in [0.5, 0.6) is 0 Å². The van der Waals surface area contributed by atoms with Crippen LogP contribution in [0.2, 0.25) is 5.02 Å². The summed E-state index contributed by atoms with van der Waals surface area (Å²) < 4.78 is 27.3. The molecule has 1 N–H and O–H groups in total. The highest BCUT2D eigenvalue weighted by Crippen LogP contribution is 2.22. The molecule has 3 aromatic carbocycles. The summed E-state index contributed by atoms with van der Waals surface area (Å²) in [5, 5.41) is 3.27. The second-order valence-corrected chi connectivity index (χ2v) is 11.8. The topological polar surface area (TPSA) is 86.8 Å². The van der Waals surface area contributed by atoms with Gasteiger partial charge in [-0.1, -0.05) is 70.0 Å². The van der Waals surface area contributed by atoms with Crippen molar-refractivity contribution in [1.29, 1.82) is 0 Å². The van der Waals surface area contributed by atoms with Crippen molar-refractivity contribution in [1.82, 2.24) is 10.2 Å². The van der Waals surface area contributed by atoms with Gasteiger partial charge in [0.05, 0.1) is 11.9 Å². The van der Waals surface area contributed by atoms with E-state index in [1.165, 1.54) is 4.90 Å². The van der Waals surface area contributed by atoms with Crippen molar-refractivity contribution in [2.75, 3.05) is 23.7 Å². The molecule has 0 spiro atoms. The largest absolute Gasteiger partial charge is 0.355 e. The van der Waals surface area contributed by atoms with E-state index in [4.69, 9.17) is 11.6 Å². The van der Waals surface area contributed by atoms with Gasteiger partial charge in [-0.15, -0.1) is 0 Å². The molecule has 0 bridgehead atoms. The van der Waals surface area contributed by atoms with Gasteiger partial charge in [0, 0.05) is 29.0 Å². The number of sulfonamides is 1. The van der Waals surface area contributed by atoms with Gasteiger partial charge in [0.2, 0.25) is 21.8 Å². The number of amides is 2. The Balaban J connectivity index is 2.02. The molecule has 0 unspecified atom stereocenters. The molecule has 3 aromatic rings. The first-order valence-electron chi connectivity index (χ1n) is 11.7. The summed E-state index contributed by atoms with van der Waals surface area (Å²) in [5.41, 5.74) is 1.99. The van der Waals surface area contributed by atoms with Crippen molar-refractivity contribution in [2.24, 2.45) is 0 Å². The fourth-order valence-electron chi connectivity index (χ4n) is 3.85. The molecule has 10 heteroatoms. The number of halogens is 2. The van der Waals surface area contributed by atoms with Crippen LogP contribution < -0.4 is 9.62 Å². The molecule has 1 atom stereocenters. The summed E-state index contributed by atoms with van der Waals surface area (Å²) in [7, 11) is -3.82. The molecule has 0 aliphatic rings. The Hall–Kier alpha value is -2.88. The van der Waals surface area contributed by atoms with Crippen LogP contribution in [0.15, 0.2) is 83.3 Å². The van der Waals surface area contributed by atoms with Gasteiger partial charge in [0.15, 0.2) is 0 Å². The summed E-state index contributed by atoms with van der Waals surface area (Å²) in [6, 6.07) is 22.2. The Labute approximate surface area is 231 Å². The van der Waals surface area contributed by atoms with Gasteiger partial charge in [-0.25, -0.2) is 8.42 Å².